The van der Waals surface area contributed by atoms with Gasteiger partial charge in [-0.3, -0.25) is 0 Å². The summed E-state index contributed by atoms with van der Waals surface area (Å²) < 4.78 is 0. The first kappa shape index (κ1) is 12.2. The summed E-state index contributed by atoms with van der Waals surface area (Å²) in [5.41, 5.74) is 9.21. The lowest BCUT2D eigenvalue weighted by Gasteiger charge is -2.25. The van der Waals surface area contributed by atoms with E-state index in [4.69, 9.17) is 5.73 Å². The van der Waals surface area contributed by atoms with E-state index in [1.165, 1.54) is 43.2 Å². The Morgan fingerprint density at radius 1 is 1.22 bits per heavy atom. The highest BCUT2D eigenvalue weighted by atomic mass is 14.6. The quantitative estimate of drug-likeness (QED) is 0.857. The Balaban J connectivity index is 1.56. The van der Waals surface area contributed by atoms with Crippen molar-refractivity contribution in [1.82, 2.24) is 0 Å². The summed E-state index contributed by atoms with van der Waals surface area (Å²) >= 11 is 0. The monoisotopic (exact) mass is 243 g/mol. The number of fused-ring (bicyclic) bond motifs is 2. The molecule has 0 amide bonds. The van der Waals surface area contributed by atoms with Crippen molar-refractivity contribution in [2.45, 2.75) is 51.5 Å². The molecular formula is C17H25N. The van der Waals surface area contributed by atoms with Crippen molar-refractivity contribution in [1.29, 1.82) is 0 Å². The summed E-state index contributed by atoms with van der Waals surface area (Å²) in [5.74, 6) is 2.99. The number of rotatable bonds is 4. The van der Waals surface area contributed by atoms with Crippen LogP contribution < -0.4 is 5.73 Å². The second kappa shape index (κ2) is 5.05. The van der Waals surface area contributed by atoms with Gasteiger partial charge >= 0.3 is 0 Å². The maximum atomic E-state index is 6.39. The average Bonchev–Trinajstić information content (AvgIpc) is 2.94. The Bertz CT molecular complexity index is 412. The third-order valence-electron chi connectivity index (χ3n) is 5.23. The minimum Gasteiger partial charge on any atom is -0.327 e. The van der Waals surface area contributed by atoms with E-state index < -0.39 is 0 Å². The molecule has 0 radical (unpaired) electrons. The van der Waals surface area contributed by atoms with Gasteiger partial charge in [0.1, 0.15) is 0 Å². The Morgan fingerprint density at radius 2 is 2.06 bits per heavy atom. The normalized spacial score (nSPS) is 31.8. The average molecular weight is 243 g/mol. The predicted molar refractivity (Wildman–Crippen MR) is 76.4 cm³/mol. The van der Waals surface area contributed by atoms with Gasteiger partial charge in [0.2, 0.25) is 0 Å². The van der Waals surface area contributed by atoms with Crippen molar-refractivity contribution in [3.8, 4) is 0 Å². The van der Waals surface area contributed by atoms with Gasteiger partial charge in [0.05, 0.1) is 0 Å². The summed E-state index contributed by atoms with van der Waals surface area (Å²) in [5, 5.41) is 0. The molecule has 0 spiro atoms. The van der Waals surface area contributed by atoms with Crippen molar-refractivity contribution in [2.24, 2.45) is 23.5 Å². The molecular weight excluding hydrogens is 218 g/mol. The zero-order valence-corrected chi connectivity index (χ0v) is 11.4. The Morgan fingerprint density at radius 3 is 2.72 bits per heavy atom. The zero-order valence-electron chi connectivity index (χ0n) is 11.4. The van der Waals surface area contributed by atoms with Gasteiger partial charge in [-0.1, -0.05) is 30.7 Å². The Kier molecular flexibility index (Phi) is 3.43. The minimum atomic E-state index is 0.357. The number of hydrogen-bond donors (Lipinski definition) is 1. The van der Waals surface area contributed by atoms with Crippen LogP contribution in [0.4, 0.5) is 0 Å². The molecule has 2 bridgehead atoms. The molecule has 0 aromatic heterocycles. The van der Waals surface area contributed by atoms with Crippen LogP contribution in [0.1, 0.15) is 43.2 Å². The highest BCUT2D eigenvalue weighted by Gasteiger charge is 2.39. The molecule has 4 unspecified atom stereocenters. The molecule has 1 aromatic rings. The largest absolute Gasteiger partial charge is 0.327 e. The molecule has 2 saturated carbocycles. The van der Waals surface area contributed by atoms with Crippen LogP contribution in [0.15, 0.2) is 24.3 Å². The lowest BCUT2D eigenvalue weighted by molar-refractivity contribution is 0.294. The fourth-order valence-corrected chi connectivity index (χ4v) is 4.26. The van der Waals surface area contributed by atoms with E-state index in [9.17, 15) is 0 Å². The van der Waals surface area contributed by atoms with Crippen LogP contribution in [0.5, 0.6) is 0 Å². The Labute approximate surface area is 111 Å². The highest BCUT2D eigenvalue weighted by Crippen LogP contribution is 2.49. The van der Waals surface area contributed by atoms with Gasteiger partial charge in [-0.2, -0.15) is 0 Å². The second-order valence-electron chi connectivity index (χ2n) is 6.56. The number of hydrogen-bond acceptors (Lipinski definition) is 1. The maximum absolute atomic E-state index is 6.39. The van der Waals surface area contributed by atoms with Crippen LogP contribution in [0.3, 0.4) is 0 Å². The van der Waals surface area contributed by atoms with Gasteiger partial charge < -0.3 is 5.73 Å². The smallest absolute Gasteiger partial charge is 0.00821 e. The molecule has 1 nitrogen and oxygen atoms in total. The molecule has 1 heteroatoms. The van der Waals surface area contributed by atoms with Crippen LogP contribution in [0, 0.1) is 24.7 Å². The fourth-order valence-electron chi connectivity index (χ4n) is 4.26. The first-order valence-electron chi connectivity index (χ1n) is 7.52. The van der Waals surface area contributed by atoms with Crippen molar-refractivity contribution in [3.63, 3.8) is 0 Å². The third-order valence-corrected chi connectivity index (χ3v) is 5.23. The molecule has 2 N–H and O–H groups in total. The molecule has 1 aromatic carbocycles. The first-order valence-corrected chi connectivity index (χ1v) is 7.52. The molecule has 0 heterocycles. The maximum Gasteiger partial charge on any atom is 0.00821 e. The summed E-state index contributed by atoms with van der Waals surface area (Å²) in [6.45, 7) is 2.19. The third kappa shape index (κ3) is 2.47. The van der Waals surface area contributed by atoms with Gasteiger partial charge in [-0.05, 0) is 67.9 Å². The topological polar surface area (TPSA) is 26.0 Å². The number of aryl methyl sites for hydroxylation is 1. The van der Waals surface area contributed by atoms with Crippen LogP contribution in [0.2, 0.25) is 0 Å². The predicted octanol–water partition coefficient (Wildman–Crippen LogP) is 3.69. The highest BCUT2D eigenvalue weighted by molar-refractivity contribution is 5.26. The lowest BCUT2D eigenvalue weighted by Crippen LogP contribution is -2.28. The van der Waals surface area contributed by atoms with Gasteiger partial charge in [0.25, 0.3) is 0 Å². The SMILES string of the molecule is Cc1ccccc1CC(N)CC1CC2CCC1C2. The molecule has 3 rings (SSSR count). The van der Waals surface area contributed by atoms with Crippen LogP contribution in [0.25, 0.3) is 0 Å². The molecule has 18 heavy (non-hydrogen) atoms. The minimum absolute atomic E-state index is 0.357. The van der Waals surface area contributed by atoms with Gasteiger partial charge in [-0.25, -0.2) is 0 Å². The zero-order chi connectivity index (χ0) is 12.5. The van der Waals surface area contributed by atoms with E-state index >= 15 is 0 Å². The van der Waals surface area contributed by atoms with Crippen LogP contribution >= 0.6 is 0 Å². The van der Waals surface area contributed by atoms with E-state index in [1.54, 1.807) is 0 Å². The summed E-state index contributed by atoms with van der Waals surface area (Å²) in [7, 11) is 0. The Hall–Kier alpha value is -0.820. The van der Waals surface area contributed by atoms with Gasteiger partial charge in [0, 0.05) is 6.04 Å². The van der Waals surface area contributed by atoms with Crippen LogP contribution in [-0.4, -0.2) is 6.04 Å². The summed E-state index contributed by atoms with van der Waals surface area (Å²) in [6, 6.07) is 9.03. The summed E-state index contributed by atoms with van der Waals surface area (Å²) in [4.78, 5) is 0. The van der Waals surface area contributed by atoms with Crippen molar-refractivity contribution in [3.05, 3.63) is 35.4 Å². The van der Waals surface area contributed by atoms with E-state index in [-0.39, 0.29) is 0 Å². The van der Waals surface area contributed by atoms with Crippen LogP contribution in [-0.2, 0) is 6.42 Å². The summed E-state index contributed by atoms with van der Waals surface area (Å²) in [6.07, 6.45) is 8.24. The second-order valence-corrected chi connectivity index (χ2v) is 6.56. The van der Waals surface area contributed by atoms with E-state index in [0.717, 1.165) is 24.2 Å². The molecule has 4 atom stereocenters. The molecule has 0 saturated heterocycles. The number of benzene rings is 1. The molecule has 2 aliphatic carbocycles. The van der Waals surface area contributed by atoms with E-state index in [0.29, 0.717) is 6.04 Å². The van der Waals surface area contributed by atoms with Gasteiger partial charge in [-0.15, -0.1) is 0 Å². The molecule has 2 fully saturated rings. The van der Waals surface area contributed by atoms with Crippen molar-refractivity contribution in [2.75, 3.05) is 0 Å². The first-order chi connectivity index (χ1) is 8.72. The van der Waals surface area contributed by atoms with Crippen molar-refractivity contribution >= 4 is 0 Å². The van der Waals surface area contributed by atoms with Gasteiger partial charge in [0.15, 0.2) is 0 Å². The number of nitrogens with two attached hydrogens (primary N) is 1. The standard InChI is InChI=1S/C17H25N/c1-12-4-2-3-5-14(12)10-17(18)11-16-9-13-6-7-15(16)8-13/h2-5,13,15-17H,6-11,18H2,1H3. The van der Waals surface area contributed by atoms with E-state index in [1.807, 2.05) is 0 Å². The van der Waals surface area contributed by atoms with E-state index in [2.05, 4.69) is 31.2 Å². The molecule has 0 aliphatic heterocycles. The fraction of sp³-hybridized carbons (Fsp3) is 0.647. The van der Waals surface area contributed by atoms with Crippen molar-refractivity contribution < 1.29 is 0 Å². The molecule has 98 valence electrons. The lowest BCUT2D eigenvalue weighted by atomic mass is 9.83. The molecule has 2 aliphatic rings.